The Morgan fingerprint density at radius 1 is 1.21 bits per heavy atom. The van der Waals surface area contributed by atoms with Crippen molar-refractivity contribution in [2.75, 3.05) is 12.4 Å². The largest absolute Gasteiger partial charge is 0.496 e. The van der Waals surface area contributed by atoms with E-state index < -0.39 is 5.97 Å². The number of carboxylic acid groups (broad SMARTS) is 1. The summed E-state index contributed by atoms with van der Waals surface area (Å²) in [5, 5.41) is 12.3. The van der Waals surface area contributed by atoms with Gasteiger partial charge in [0.1, 0.15) is 11.6 Å². The Balaban J connectivity index is 1.95. The van der Waals surface area contributed by atoms with Gasteiger partial charge in [0.2, 0.25) is 0 Å². The van der Waals surface area contributed by atoms with Gasteiger partial charge in [-0.15, -0.1) is 11.3 Å². The molecule has 6 nitrogen and oxygen atoms in total. The van der Waals surface area contributed by atoms with Gasteiger partial charge in [0, 0.05) is 27.9 Å². The number of aliphatic carboxylic acids is 1. The number of nitrogens with one attached hydrogen (secondary N) is 1. The predicted octanol–water partition coefficient (Wildman–Crippen LogP) is 4.76. The minimum Gasteiger partial charge on any atom is -0.496 e. The minimum atomic E-state index is -0.841. The molecule has 0 aliphatic rings. The maximum atomic E-state index is 10.8. The fourth-order valence-electron chi connectivity index (χ4n) is 3.03. The number of carbonyl (C=O) groups is 1. The van der Waals surface area contributed by atoms with Gasteiger partial charge in [0.25, 0.3) is 0 Å². The topological polar surface area (TPSA) is 84.3 Å². The molecule has 0 aliphatic carbocycles. The van der Waals surface area contributed by atoms with Crippen LogP contribution in [0, 0.1) is 13.8 Å². The molecule has 0 radical (unpaired) electrons. The van der Waals surface area contributed by atoms with Gasteiger partial charge in [-0.05, 0) is 38.0 Å². The minimum absolute atomic E-state index is 0.0107. The molecule has 0 saturated carbocycles. The third kappa shape index (κ3) is 4.31. The average molecular weight is 398 g/mol. The van der Waals surface area contributed by atoms with Gasteiger partial charge >= 0.3 is 5.97 Å². The smallest absolute Gasteiger partial charge is 0.307 e. The summed E-state index contributed by atoms with van der Waals surface area (Å²) in [7, 11) is 1.66. The molecular weight excluding hydrogens is 374 g/mol. The first kappa shape index (κ1) is 19.8. The molecule has 0 bridgehead atoms. The number of benzene rings is 1. The summed E-state index contributed by atoms with van der Waals surface area (Å²) in [4.78, 5) is 22.3. The number of aryl methyl sites for hydroxylation is 2. The number of thiophene rings is 1. The van der Waals surface area contributed by atoms with E-state index in [1.54, 1.807) is 18.4 Å². The highest BCUT2D eigenvalue weighted by Gasteiger charge is 2.15. The Morgan fingerprint density at radius 2 is 1.93 bits per heavy atom. The number of nitrogens with zero attached hydrogens (tertiary/aromatic N) is 2. The van der Waals surface area contributed by atoms with Crippen molar-refractivity contribution in [3.8, 4) is 16.5 Å². The van der Waals surface area contributed by atoms with Crippen LogP contribution in [0.3, 0.4) is 0 Å². The lowest BCUT2D eigenvalue weighted by Gasteiger charge is -2.14. The quantitative estimate of drug-likeness (QED) is 0.598. The van der Waals surface area contributed by atoms with Crippen molar-refractivity contribution < 1.29 is 14.6 Å². The van der Waals surface area contributed by atoms with Crippen molar-refractivity contribution in [1.82, 2.24) is 9.97 Å². The Labute approximate surface area is 168 Å². The summed E-state index contributed by atoms with van der Waals surface area (Å²) in [5.41, 5.74) is 3.60. The van der Waals surface area contributed by atoms with Crippen molar-refractivity contribution in [1.29, 1.82) is 0 Å². The molecule has 0 atom stereocenters. The maximum absolute atomic E-state index is 10.8. The van der Waals surface area contributed by atoms with Crippen LogP contribution in [-0.2, 0) is 17.6 Å². The van der Waals surface area contributed by atoms with Gasteiger partial charge in [0.15, 0.2) is 5.82 Å². The fourth-order valence-corrected chi connectivity index (χ4v) is 3.95. The van der Waals surface area contributed by atoms with Gasteiger partial charge in [-0.1, -0.05) is 19.1 Å². The molecule has 28 heavy (non-hydrogen) atoms. The molecule has 0 amide bonds. The molecule has 3 aromatic rings. The molecule has 2 N–H and O–H groups in total. The second-order valence-electron chi connectivity index (χ2n) is 6.44. The standard InChI is InChI=1S/C21H23N3O3S/c1-5-16-12(2)22-21(18-11-17(27-4)13(3)28-18)24-20(16)23-15-8-6-14(7-9-15)10-19(25)26/h6-9,11H,5,10H2,1-4H3,(H,25,26)(H,22,23,24). The monoisotopic (exact) mass is 397 g/mol. The van der Waals surface area contributed by atoms with E-state index in [9.17, 15) is 4.79 Å². The predicted molar refractivity (Wildman–Crippen MR) is 112 cm³/mol. The Morgan fingerprint density at radius 3 is 2.50 bits per heavy atom. The molecule has 0 aliphatic heterocycles. The molecule has 146 valence electrons. The van der Waals surface area contributed by atoms with E-state index in [4.69, 9.17) is 19.8 Å². The summed E-state index contributed by atoms with van der Waals surface area (Å²) in [5.74, 6) is 1.42. The molecule has 2 heterocycles. The first-order valence-electron chi connectivity index (χ1n) is 9.01. The molecule has 0 saturated heterocycles. The molecule has 0 spiro atoms. The zero-order valence-corrected chi connectivity index (χ0v) is 17.2. The first-order chi connectivity index (χ1) is 13.4. The molecule has 3 rings (SSSR count). The van der Waals surface area contributed by atoms with Gasteiger partial charge in [-0.3, -0.25) is 4.79 Å². The lowest BCUT2D eigenvalue weighted by Crippen LogP contribution is -2.05. The van der Waals surface area contributed by atoms with Crippen molar-refractivity contribution in [3.63, 3.8) is 0 Å². The number of carboxylic acids is 1. The maximum Gasteiger partial charge on any atom is 0.307 e. The summed E-state index contributed by atoms with van der Waals surface area (Å²) in [6.07, 6.45) is 0.815. The third-order valence-electron chi connectivity index (χ3n) is 4.45. The van der Waals surface area contributed by atoms with E-state index in [0.29, 0.717) is 5.82 Å². The van der Waals surface area contributed by atoms with E-state index in [2.05, 4.69) is 12.2 Å². The number of rotatable bonds is 7. The highest BCUT2D eigenvalue weighted by Crippen LogP contribution is 2.35. The van der Waals surface area contributed by atoms with E-state index in [0.717, 1.165) is 50.3 Å². The van der Waals surface area contributed by atoms with E-state index >= 15 is 0 Å². The van der Waals surface area contributed by atoms with Gasteiger partial charge < -0.3 is 15.2 Å². The summed E-state index contributed by atoms with van der Waals surface area (Å²) >= 11 is 1.60. The van der Waals surface area contributed by atoms with E-state index in [1.165, 1.54) is 0 Å². The molecular formula is C21H23N3O3S. The van der Waals surface area contributed by atoms with Crippen molar-refractivity contribution >= 4 is 28.8 Å². The normalized spacial score (nSPS) is 10.7. The summed E-state index contributed by atoms with van der Waals surface area (Å²) in [6, 6.07) is 9.32. The van der Waals surface area contributed by atoms with Crippen LogP contribution in [-0.4, -0.2) is 28.2 Å². The van der Waals surface area contributed by atoms with Crippen LogP contribution in [0.5, 0.6) is 5.75 Å². The number of ether oxygens (including phenoxy) is 1. The zero-order chi connectivity index (χ0) is 20.3. The third-order valence-corrected chi connectivity index (χ3v) is 5.48. The van der Waals surface area contributed by atoms with Crippen molar-refractivity contribution in [2.45, 2.75) is 33.6 Å². The zero-order valence-electron chi connectivity index (χ0n) is 16.4. The van der Waals surface area contributed by atoms with Crippen LogP contribution >= 0.6 is 11.3 Å². The number of hydrogen-bond donors (Lipinski definition) is 2. The SMILES string of the molecule is CCc1c(C)nc(-c2cc(OC)c(C)s2)nc1Nc1ccc(CC(=O)O)cc1. The molecule has 0 fully saturated rings. The van der Waals surface area contributed by atoms with Gasteiger partial charge in [0.05, 0.1) is 18.4 Å². The summed E-state index contributed by atoms with van der Waals surface area (Å²) < 4.78 is 5.38. The van der Waals surface area contributed by atoms with Crippen molar-refractivity contribution in [2.24, 2.45) is 0 Å². The van der Waals surface area contributed by atoms with E-state index in [-0.39, 0.29) is 6.42 Å². The second-order valence-corrected chi connectivity index (χ2v) is 7.70. The number of aromatic nitrogens is 2. The molecule has 7 heteroatoms. The Bertz CT molecular complexity index is 997. The number of hydrogen-bond acceptors (Lipinski definition) is 6. The fraction of sp³-hybridized carbons (Fsp3) is 0.286. The van der Waals surface area contributed by atoms with Crippen molar-refractivity contribution in [3.05, 3.63) is 52.0 Å². The first-order valence-corrected chi connectivity index (χ1v) is 9.83. The lowest BCUT2D eigenvalue weighted by molar-refractivity contribution is -0.136. The molecule has 2 aromatic heterocycles. The van der Waals surface area contributed by atoms with Crippen LogP contribution in [0.1, 0.15) is 28.6 Å². The summed E-state index contributed by atoms with van der Waals surface area (Å²) in [6.45, 7) is 6.08. The van der Waals surface area contributed by atoms with Crippen LogP contribution in [0.2, 0.25) is 0 Å². The number of anilines is 2. The Kier molecular flexibility index (Phi) is 5.94. The lowest BCUT2D eigenvalue weighted by atomic mass is 10.1. The van der Waals surface area contributed by atoms with Crippen LogP contribution in [0.4, 0.5) is 11.5 Å². The highest BCUT2D eigenvalue weighted by molar-refractivity contribution is 7.15. The highest BCUT2D eigenvalue weighted by atomic mass is 32.1. The second kappa shape index (κ2) is 8.39. The van der Waals surface area contributed by atoms with E-state index in [1.807, 2.05) is 44.2 Å². The number of methoxy groups -OCH3 is 1. The van der Waals surface area contributed by atoms with Crippen LogP contribution in [0.25, 0.3) is 10.7 Å². The molecule has 0 unspecified atom stereocenters. The van der Waals surface area contributed by atoms with Crippen LogP contribution in [0.15, 0.2) is 30.3 Å². The van der Waals surface area contributed by atoms with Gasteiger partial charge in [-0.25, -0.2) is 9.97 Å². The average Bonchev–Trinajstić information content (AvgIpc) is 3.03. The van der Waals surface area contributed by atoms with Gasteiger partial charge in [-0.2, -0.15) is 0 Å². The van der Waals surface area contributed by atoms with Crippen LogP contribution < -0.4 is 10.1 Å². The Hall–Kier alpha value is -2.93. The molecule has 1 aromatic carbocycles.